The van der Waals surface area contributed by atoms with Gasteiger partial charge in [-0.3, -0.25) is 4.79 Å². The van der Waals surface area contributed by atoms with Crippen LogP contribution in [0.1, 0.15) is 0 Å². The fourth-order valence-corrected chi connectivity index (χ4v) is 3.13. The van der Waals surface area contributed by atoms with Gasteiger partial charge in [0, 0.05) is 24.9 Å². The summed E-state index contributed by atoms with van der Waals surface area (Å²) in [5.74, 6) is -2.16. The van der Waals surface area contributed by atoms with Gasteiger partial charge < -0.3 is 15.2 Å². The number of aliphatic carboxylic acids is 1. The molecule has 0 aliphatic rings. The third kappa shape index (κ3) is 5.49. The number of carboxylic acids is 1. The molecule has 0 heterocycles. The molecular weight excluding hydrogens is 332 g/mol. The van der Waals surface area contributed by atoms with E-state index >= 15 is 0 Å². The van der Waals surface area contributed by atoms with Gasteiger partial charge in [-0.2, -0.15) is 4.31 Å². The lowest BCUT2D eigenvalue weighted by atomic mass is 10.3. The van der Waals surface area contributed by atoms with E-state index in [1.54, 1.807) is 0 Å². The molecule has 1 amide bonds. The van der Waals surface area contributed by atoms with Gasteiger partial charge in [0.25, 0.3) is 0 Å². The second-order valence-corrected chi connectivity index (χ2v) is 6.50. The van der Waals surface area contributed by atoms with Crippen LogP contribution in [0.4, 0.5) is 5.69 Å². The molecule has 0 spiro atoms. The average Bonchev–Trinajstić information content (AvgIpc) is 2.53. The normalized spacial score (nSPS) is 11.4. The monoisotopic (exact) mass is 349 g/mol. The van der Waals surface area contributed by atoms with E-state index in [2.05, 4.69) is 18.5 Å². The topological polar surface area (TPSA) is 107 Å². The molecule has 0 radical (unpaired) electrons. The third-order valence-electron chi connectivity index (χ3n) is 2.80. The second-order valence-electron chi connectivity index (χ2n) is 4.57. The summed E-state index contributed by atoms with van der Waals surface area (Å²) in [7, 11) is -3.71. The van der Waals surface area contributed by atoms with Crippen molar-refractivity contribution in [1.82, 2.24) is 4.31 Å². The molecule has 0 aromatic heterocycles. The van der Waals surface area contributed by atoms with E-state index in [1.165, 1.54) is 40.7 Å². The third-order valence-corrected chi connectivity index (χ3v) is 4.64. The molecule has 0 saturated carbocycles. The molecule has 1 N–H and O–H groups in total. The van der Waals surface area contributed by atoms with Gasteiger partial charge in [-0.25, -0.2) is 8.42 Å². The predicted molar refractivity (Wildman–Crippen MR) is 88.4 cm³/mol. The lowest BCUT2D eigenvalue weighted by Gasteiger charge is -2.19. The van der Waals surface area contributed by atoms with E-state index in [1.807, 2.05) is 0 Å². The number of sulfonamides is 1. The summed E-state index contributed by atoms with van der Waals surface area (Å²) < 4.78 is 26.2. The van der Waals surface area contributed by atoms with Crippen molar-refractivity contribution in [1.29, 1.82) is 0 Å². The first-order chi connectivity index (χ1) is 11.3. The zero-order valence-electron chi connectivity index (χ0n) is 12.8. The van der Waals surface area contributed by atoms with Gasteiger partial charge in [-0.05, 0) is 30.3 Å². The Bertz CT molecular complexity index is 741. The molecule has 1 rings (SSSR count). The van der Waals surface area contributed by atoms with Gasteiger partial charge in [0.15, 0.2) is 0 Å². The number of nitrogens with zero attached hydrogens (tertiary/aromatic N) is 1. The molecule has 0 aliphatic carbocycles. The van der Waals surface area contributed by atoms with Crippen LogP contribution in [-0.2, 0) is 19.6 Å². The molecule has 7 nitrogen and oxygen atoms in total. The minimum absolute atomic E-state index is 0.0504. The second kappa shape index (κ2) is 8.80. The van der Waals surface area contributed by atoms with E-state index in [0.717, 1.165) is 6.08 Å². The SMILES string of the molecule is C=CCN(CC=C)S(=O)(=O)c1ccc(NC(=O)/C=C/C(=O)[O-])cc1. The maximum Gasteiger partial charge on any atom is 0.248 e. The van der Waals surface area contributed by atoms with Crippen LogP contribution in [0.2, 0.25) is 0 Å². The number of amides is 1. The molecule has 8 heteroatoms. The molecule has 24 heavy (non-hydrogen) atoms. The fourth-order valence-electron chi connectivity index (χ4n) is 1.75. The summed E-state index contributed by atoms with van der Waals surface area (Å²) in [5, 5.41) is 12.6. The van der Waals surface area contributed by atoms with Crippen LogP contribution in [0.5, 0.6) is 0 Å². The summed E-state index contributed by atoms with van der Waals surface area (Å²) in [6.07, 6.45) is 4.34. The van der Waals surface area contributed by atoms with Gasteiger partial charge in [0.1, 0.15) is 0 Å². The highest BCUT2D eigenvalue weighted by molar-refractivity contribution is 7.89. The minimum Gasteiger partial charge on any atom is -0.545 e. The first-order valence-electron chi connectivity index (χ1n) is 6.83. The summed E-state index contributed by atoms with van der Waals surface area (Å²) in [6, 6.07) is 5.48. The molecule has 0 atom stereocenters. The number of carbonyl (C=O) groups excluding carboxylic acids is 2. The Hall–Kier alpha value is -2.71. The number of anilines is 1. The molecule has 0 fully saturated rings. The Labute approximate surface area is 140 Å². The Balaban J connectivity index is 2.93. The van der Waals surface area contributed by atoms with Crippen molar-refractivity contribution in [2.75, 3.05) is 18.4 Å². The predicted octanol–water partition coefficient (Wildman–Crippen LogP) is 0.294. The van der Waals surface area contributed by atoms with Crippen molar-refractivity contribution in [3.8, 4) is 0 Å². The molecule has 128 valence electrons. The van der Waals surface area contributed by atoms with Crippen LogP contribution in [0.15, 0.2) is 66.6 Å². The van der Waals surface area contributed by atoms with E-state index < -0.39 is 21.9 Å². The van der Waals surface area contributed by atoms with Crippen molar-refractivity contribution in [2.45, 2.75) is 4.90 Å². The number of carboxylic acid groups (broad SMARTS) is 1. The zero-order valence-corrected chi connectivity index (χ0v) is 13.7. The van der Waals surface area contributed by atoms with Gasteiger partial charge >= 0.3 is 0 Å². The summed E-state index contributed by atoms with van der Waals surface area (Å²) in [6.45, 7) is 7.33. The molecular formula is C16H17N2O5S-. The van der Waals surface area contributed by atoms with Crippen LogP contribution in [-0.4, -0.2) is 37.7 Å². The molecule has 0 saturated heterocycles. The van der Waals surface area contributed by atoms with Crippen LogP contribution >= 0.6 is 0 Å². The van der Waals surface area contributed by atoms with Crippen LogP contribution in [0, 0.1) is 0 Å². The van der Waals surface area contributed by atoms with Gasteiger partial charge in [-0.1, -0.05) is 12.2 Å². The largest absolute Gasteiger partial charge is 0.545 e. The summed E-state index contributed by atoms with van der Waals surface area (Å²) in [5.41, 5.74) is 0.320. The lowest BCUT2D eigenvalue weighted by Crippen LogP contribution is -2.31. The van der Waals surface area contributed by atoms with Crippen molar-refractivity contribution in [3.63, 3.8) is 0 Å². The van der Waals surface area contributed by atoms with Gasteiger partial charge in [0.05, 0.1) is 10.9 Å². The Morgan fingerprint density at radius 3 is 2.08 bits per heavy atom. The summed E-state index contributed by atoms with van der Waals surface area (Å²) >= 11 is 0. The maximum atomic E-state index is 12.5. The average molecular weight is 349 g/mol. The minimum atomic E-state index is -3.71. The van der Waals surface area contributed by atoms with Crippen LogP contribution in [0.3, 0.4) is 0 Å². The first kappa shape index (κ1) is 19.3. The zero-order chi connectivity index (χ0) is 18.2. The van der Waals surface area contributed by atoms with Crippen LogP contribution < -0.4 is 10.4 Å². The van der Waals surface area contributed by atoms with Crippen molar-refractivity contribution < 1.29 is 23.1 Å². The van der Waals surface area contributed by atoms with Gasteiger partial charge in [-0.15, -0.1) is 13.2 Å². The number of nitrogens with one attached hydrogen (secondary N) is 1. The Morgan fingerprint density at radius 2 is 1.62 bits per heavy atom. The van der Waals surface area contributed by atoms with Crippen molar-refractivity contribution in [2.24, 2.45) is 0 Å². The first-order valence-corrected chi connectivity index (χ1v) is 8.27. The smallest absolute Gasteiger partial charge is 0.248 e. The standard InChI is InChI=1S/C16H18N2O5S/c1-3-11-18(12-4-2)24(22,23)14-7-5-13(6-8-14)17-15(19)9-10-16(20)21/h3-10H,1-2,11-12H2,(H,17,19)(H,20,21)/p-1/b10-9+. The highest BCUT2D eigenvalue weighted by atomic mass is 32.2. The van der Waals surface area contributed by atoms with Crippen molar-refractivity contribution >= 4 is 27.6 Å². The highest BCUT2D eigenvalue weighted by Gasteiger charge is 2.22. The quantitative estimate of drug-likeness (QED) is 0.509. The Kier molecular flexibility index (Phi) is 7.09. The van der Waals surface area contributed by atoms with E-state index in [9.17, 15) is 23.1 Å². The Morgan fingerprint density at radius 1 is 1.08 bits per heavy atom. The maximum absolute atomic E-state index is 12.5. The lowest BCUT2D eigenvalue weighted by molar-refractivity contribution is -0.297. The summed E-state index contributed by atoms with van der Waals surface area (Å²) in [4.78, 5) is 21.7. The number of benzene rings is 1. The molecule has 1 aromatic rings. The van der Waals surface area contributed by atoms with Gasteiger partial charge in [0.2, 0.25) is 15.9 Å². The molecule has 1 aromatic carbocycles. The highest BCUT2D eigenvalue weighted by Crippen LogP contribution is 2.18. The van der Waals surface area contributed by atoms with E-state index in [-0.39, 0.29) is 18.0 Å². The molecule has 0 bridgehead atoms. The van der Waals surface area contributed by atoms with E-state index in [0.29, 0.717) is 11.8 Å². The van der Waals surface area contributed by atoms with Crippen LogP contribution in [0.25, 0.3) is 0 Å². The molecule has 0 aliphatic heterocycles. The number of carbonyl (C=O) groups is 2. The number of hydrogen-bond donors (Lipinski definition) is 1. The fraction of sp³-hybridized carbons (Fsp3) is 0.125. The number of rotatable bonds is 9. The van der Waals surface area contributed by atoms with E-state index in [4.69, 9.17) is 0 Å². The number of hydrogen-bond acceptors (Lipinski definition) is 5. The molecule has 0 unspecified atom stereocenters. The van der Waals surface area contributed by atoms with Crippen molar-refractivity contribution in [3.05, 3.63) is 61.7 Å².